The summed E-state index contributed by atoms with van der Waals surface area (Å²) in [6.45, 7) is 6.24. The highest BCUT2D eigenvalue weighted by Crippen LogP contribution is 2.28. The van der Waals surface area contributed by atoms with Crippen molar-refractivity contribution in [3.05, 3.63) is 35.4 Å². The van der Waals surface area contributed by atoms with E-state index in [1.165, 1.54) is 18.2 Å². The van der Waals surface area contributed by atoms with Crippen molar-refractivity contribution in [1.82, 2.24) is 0 Å². The number of nitrogens with two attached hydrogens (primary N) is 1. The average molecular weight is 227 g/mol. The van der Waals surface area contributed by atoms with E-state index >= 15 is 0 Å². The molecule has 1 nitrogen and oxygen atoms in total. The molecular formula is C13H19F2N. The van der Waals surface area contributed by atoms with Gasteiger partial charge in [0.05, 0.1) is 0 Å². The van der Waals surface area contributed by atoms with E-state index in [-0.39, 0.29) is 11.0 Å². The molecule has 2 N–H and O–H groups in total. The molecule has 0 bridgehead atoms. The molecule has 16 heavy (non-hydrogen) atoms. The molecule has 1 aromatic rings. The lowest BCUT2D eigenvalue weighted by Crippen LogP contribution is -2.17. The summed E-state index contributed by atoms with van der Waals surface area (Å²) in [6, 6.07) is 3.27. The fourth-order valence-corrected chi connectivity index (χ4v) is 1.60. The highest BCUT2D eigenvalue weighted by Gasteiger charge is 2.19. The van der Waals surface area contributed by atoms with Crippen LogP contribution in [0.5, 0.6) is 0 Å². The zero-order valence-corrected chi connectivity index (χ0v) is 10.1. The van der Waals surface area contributed by atoms with E-state index in [9.17, 15) is 8.78 Å². The monoisotopic (exact) mass is 227 g/mol. The third-order valence-electron chi connectivity index (χ3n) is 2.58. The second-order valence-electron chi connectivity index (χ2n) is 5.34. The molecule has 0 aliphatic carbocycles. The van der Waals surface area contributed by atoms with Crippen LogP contribution in [-0.2, 0) is 0 Å². The smallest absolute Gasteiger partial charge is 0.130 e. The van der Waals surface area contributed by atoms with E-state index < -0.39 is 17.7 Å². The Morgan fingerprint density at radius 1 is 1.19 bits per heavy atom. The van der Waals surface area contributed by atoms with Gasteiger partial charge in [-0.05, 0) is 30.4 Å². The van der Waals surface area contributed by atoms with Gasteiger partial charge in [-0.3, -0.25) is 0 Å². The lowest BCUT2D eigenvalue weighted by Gasteiger charge is -2.21. The van der Waals surface area contributed by atoms with Crippen molar-refractivity contribution in [3.8, 4) is 0 Å². The Kier molecular flexibility index (Phi) is 4.03. The Bertz CT molecular complexity index is 335. The van der Waals surface area contributed by atoms with Crippen molar-refractivity contribution < 1.29 is 8.78 Å². The molecule has 0 radical (unpaired) electrons. The van der Waals surface area contributed by atoms with Crippen LogP contribution >= 0.6 is 0 Å². The molecule has 1 atom stereocenters. The van der Waals surface area contributed by atoms with Gasteiger partial charge in [0.1, 0.15) is 11.6 Å². The second-order valence-corrected chi connectivity index (χ2v) is 5.34. The van der Waals surface area contributed by atoms with Crippen LogP contribution < -0.4 is 5.73 Å². The Hall–Kier alpha value is -0.960. The highest BCUT2D eigenvalue weighted by molar-refractivity contribution is 5.22. The predicted molar refractivity (Wildman–Crippen MR) is 62.0 cm³/mol. The molecule has 0 aliphatic heterocycles. The topological polar surface area (TPSA) is 26.0 Å². The third-order valence-corrected chi connectivity index (χ3v) is 2.58. The summed E-state index contributed by atoms with van der Waals surface area (Å²) in [5.74, 6) is -1.11. The Labute approximate surface area is 95.7 Å². The summed E-state index contributed by atoms with van der Waals surface area (Å²) < 4.78 is 26.8. The maximum atomic E-state index is 13.4. The second kappa shape index (κ2) is 4.91. The molecule has 0 saturated heterocycles. The van der Waals surface area contributed by atoms with Gasteiger partial charge in [-0.15, -0.1) is 0 Å². The Morgan fingerprint density at radius 2 is 1.69 bits per heavy atom. The first kappa shape index (κ1) is 13.1. The molecule has 0 aromatic heterocycles. The summed E-state index contributed by atoms with van der Waals surface area (Å²) in [7, 11) is 0. The normalized spacial score (nSPS) is 13.9. The van der Waals surface area contributed by atoms with E-state index in [0.717, 1.165) is 6.42 Å². The first-order valence-electron chi connectivity index (χ1n) is 5.51. The van der Waals surface area contributed by atoms with Crippen LogP contribution in [0.15, 0.2) is 18.2 Å². The quantitative estimate of drug-likeness (QED) is 0.835. The summed E-state index contributed by atoms with van der Waals surface area (Å²) in [6.07, 6.45) is 1.42. The molecule has 1 rings (SSSR count). The fourth-order valence-electron chi connectivity index (χ4n) is 1.60. The van der Waals surface area contributed by atoms with E-state index in [2.05, 4.69) is 20.8 Å². The van der Waals surface area contributed by atoms with Gasteiger partial charge < -0.3 is 5.73 Å². The van der Waals surface area contributed by atoms with Gasteiger partial charge in [-0.25, -0.2) is 8.78 Å². The van der Waals surface area contributed by atoms with Crippen LogP contribution in [0.25, 0.3) is 0 Å². The maximum absolute atomic E-state index is 13.4. The largest absolute Gasteiger partial charge is 0.324 e. The molecule has 0 heterocycles. The minimum absolute atomic E-state index is 0.00625. The van der Waals surface area contributed by atoms with Crippen LogP contribution in [-0.4, -0.2) is 0 Å². The van der Waals surface area contributed by atoms with E-state index in [1.807, 2.05) is 0 Å². The van der Waals surface area contributed by atoms with Crippen LogP contribution in [0.4, 0.5) is 8.78 Å². The van der Waals surface area contributed by atoms with Crippen LogP contribution in [0, 0.1) is 17.0 Å². The minimum Gasteiger partial charge on any atom is -0.324 e. The number of hydrogen-bond donors (Lipinski definition) is 1. The number of benzene rings is 1. The molecular weight excluding hydrogens is 208 g/mol. The number of rotatable bonds is 3. The van der Waals surface area contributed by atoms with Gasteiger partial charge in [0, 0.05) is 11.6 Å². The van der Waals surface area contributed by atoms with Crippen LogP contribution in [0.2, 0.25) is 0 Å². The summed E-state index contributed by atoms with van der Waals surface area (Å²) in [4.78, 5) is 0. The van der Waals surface area contributed by atoms with Crippen LogP contribution in [0.1, 0.15) is 45.2 Å². The van der Waals surface area contributed by atoms with E-state index in [1.54, 1.807) is 0 Å². The molecule has 0 aliphatic rings. The Balaban J connectivity index is 2.77. The fraction of sp³-hybridized carbons (Fsp3) is 0.538. The van der Waals surface area contributed by atoms with Gasteiger partial charge in [-0.2, -0.15) is 0 Å². The van der Waals surface area contributed by atoms with Crippen LogP contribution in [0.3, 0.4) is 0 Å². The predicted octanol–water partition coefficient (Wildman–Crippen LogP) is 3.79. The summed E-state index contributed by atoms with van der Waals surface area (Å²) in [5.41, 5.74) is 5.95. The molecule has 0 fully saturated rings. The van der Waals surface area contributed by atoms with Gasteiger partial charge in [0.2, 0.25) is 0 Å². The number of hydrogen-bond acceptors (Lipinski definition) is 1. The van der Waals surface area contributed by atoms with Crippen molar-refractivity contribution in [2.75, 3.05) is 0 Å². The minimum atomic E-state index is -0.569. The van der Waals surface area contributed by atoms with Crippen molar-refractivity contribution in [3.63, 3.8) is 0 Å². The van der Waals surface area contributed by atoms with Gasteiger partial charge >= 0.3 is 0 Å². The molecule has 0 spiro atoms. The standard InChI is InChI=1S/C13H19F2N/c1-13(2,3)8-7-11(16)12-9(14)5-4-6-10(12)15/h4-6,11H,7-8,16H2,1-3H3. The molecule has 1 unspecified atom stereocenters. The summed E-state index contributed by atoms with van der Waals surface area (Å²) >= 11 is 0. The molecule has 1 aromatic carbocycles. The first-order valence-corrected chi connectivity index (χ1v) is 5.51. The zero-order valence-electron chi connectivity index (χ0n) is 10.1. The first-order chi connectivity index (χ1) is 7.31. The lowest BCUT2D eigenvalue weighted by molar-refractivity contribution is 0.344. The lowest BCUT2D eigenvalue weighted by atomic mass is 9.87. The van der Waals surface area contributed by atoms with Crippen molar-refractivity contribution in [2.45, 2.75) is 39.7 Å². The van der Waals surface area contributed by atoms with Gasteiger partial charge in [0.15, 0.2) is 0 Å². The molecule has 0 saturated carbocycles. The van der Waals surface area contributed by atoms with E-state index in [0.29, 0.717) is 6.42 Å². The van der Waals surface area contributed by atoms with Crippen molar-refractivity contribution >= 4 is 0 Å². The Morgan fingerprint density at radius 3 is 2.12 bits per heavy atom. The van der Waals surface area contributed by atoms with Crippen molar-refractivity contribution in [1.29, 1.82) is 0 Å². The summed E-state index contributed by atoms with van der Waals surface area (Å²) in [5, 5.41) is 0. The maximum Gasteiger partial charge on any atom is 0.130 e. The number of halogens is 2. The van der Waals surface area contributed by atoms with Gasteiger partial charge in [0.25, 0.3) is 0 Å². The molecule has 90 valence electrons. The SMILES string of the molecule is CC(C)(C)CCC(N)c1c(F)cccc1F. The van der Waals surface area contributed by atoms with Crippen molar-refractivity contribution in [2.24, 2.45) is 11.1 Å². The highest BCUT2D eigenvalue weighted by atomic mass is 19.1. The van der Waals surface area contributed by atoms with E-state index in [4.69, 9.17) is 5.73 Å². The third kappa shape index (κ3) is 3.56. The average Bonchev–Trinajstić information content (AvgIpc) is 2.13. The van der Waals surface area contributed by atoms with Gasteiger partial charge in [-0.1, -0.05) is 26.8 Å². The molecule has 3 heteroatoms. The zero-order chi connectivity index (χ0) is 12.3. The molecule has 0 amide bonds.